The van der Waals surface area contributed by atoms with Crippen LogP contribution in [0.25, 0.3) is 10.8 Å². The van der Waals surface area contributed by atoms with Gasteiger partial charge in [-0.25, -0.2) is 8.42 Å². The van der Waals surface area contributed by atoms with Crippen molar-refractivity contribution < 1.29 is 39.5 Å². The Balaban J connectivity index is 2.03. The average Bonchev–Trinajstić information content (AvgIpc) is 2.82. The maximum atomic E-state index is 13.1. The number of hydrogen-bond donors (Lipinski definition) is 4. The van der Waals surface area contributed by atoms with Gasteiger partial charge in [0.05, 0.1) is 26.6 Å². The third-order valence-corrected chi connectivity index (χ3v) is 8.38. The standard InChI is InChI=1S/C23H19N3O9S3/c1-14-7-9-17(10-8-14)36(28,29)26-19-13-18(37(30,31)32)11-15-12-20(38(33,34)35)22(23(27)21(15)19)25-24-16-5-3-2-4-6-16/h2-13,26-27H,1H3,(H,30,31,32)(H,33,34,35). The molecule has 4 N–H and O–H groups in total. The van der Waals surface area contributed by atoms with E-state index in [1.807, 2.05) is 0 Å². The number of aryl methyl sites for hydroxylation is 1. The molecule has 15 heteroatoms. The number of anilines is 1. The first-order valence-corrected chi connectivity index (χ1v) is 14.9. The van der Waals surface area contributed by atoms with E-state index >= 15 is 0 Å². The van der Waals surface area contributed by atoms with Crippen LogP contribution in [0, 0.1) is 6.92 Å². The molecule has 0 bridgehead atoms. The minimum atomic E-state index is -5.06. The van der Waals surface area contributed by atoms with Crippen LogP contribution in [-0.4, -0.2) is 39.5 Å². The molecule has 12 nitrogen and oxygen atoms in total. The van der Waals surface area contributed by atoms with Crippen molar-refractivity contribution in [2.75, 3.05) is 4.72 Å². The Hall–Kier alpha value is -3.89. The first-order chi connectivity index (χ1) is 17.7. The molecule has 0 heterocycles. The highest BCUT2D eigenvalue weighted by Gasteiger charge is 2.27. The van der Waals surface area contributed by atoms with Gasteiger partial charge in [0, 0.05) is 0 Å². The predicted octanol–water partition coefficient (Wildman–Crippen LogP) is 4.56. The Kier molecular flexibility index (Phi) is 6.98. The lowest BCUT2D eigenvalue weighted by molar-refractivity contribution is 0.472. The second kappa shape index (κ2) is 9.77. The number of nitrogens with one attached hydrogen (secondary N) is 1. The SMILES string of the molecule is Cc1ccc(S(=O)(=O)Nc2cc(S(=O)(=O)O)cc3cc(S(=O)(=O)O)c(N=Nc4ccccc4)c(O)c23)cc1. The van der Waals surface area contributed by atoms with Crippen LogP contribution >= 0.6 is 0 Å². The third kappa shape index (κ3) is 5.66. The predicted molar refractivity (Wildman–Crippen MR) is 138 cm³/mol. The molecule has 4 aromatic carbocycles. The van der Waals surface area contributed by atoms with Gasteiger partial charge in [-0.3, -0.25) is 13.8 Å². The molecule has 0 aliphatic rings. The van der Waals surface area contributed by atoms with E-state index in [4.69, 9.17) is 0 Å². The quantitative estimate of drug-likeness (QED) is 0.179. The Morgan fingerprint density at radius 1 is 0.737 bits per heavy atom. The summed E-state index contributed by atoms with van der Waals surface area (Å²) in [4.78, 5) is -1.96. The van der Waals surface area contributed by atoms with E-state index in [0.29, 0.717) is 0 Å². The fourth-order valence-corrected chi connectivity index (χ4v) is 5.77. The van der Waals surface area contributed by atoms with Crippen molar-refractivity contribution in [3.8, 4) is 5.75 Å². The molecule has 198 valence electrons. The maximum absolute atomic E-state index is 13.1. The molecule has 38 heavy (non-hydrogen) atoms. The summed E-state index contributed by atoms with van der Waals surface area (Å²) in [5.74, 6) is -0.932. The highest BCUT2D eigenvalue weighted by Crippen LogP contribution is 2.45. The molecule has 0 saturated heterocycles. The number of nitrogens with zero attached hydrogens (tertiary/aromatic N) is 2. The average molecular weight is 578 g/mol. The zero-order valence-corrected chi connectivity index (χ0v) is 21.8. The van der Waals surface area contributed by atoms with Gasteiger partial charge in [0.2, 0.25) is 0 Å². The minimum absolute atomic E-state index is 0.202. The van der Waals surface area contributed by atoms with Crippen LogP contribution in [0.4, 0.5) is 17.1 Å². The maximum Gasteiger partial charge on any atom is 0.296 e. The summed E-state index contributed by atoms with van der Waals surface area (Å²) in [7, 11) is -14.4. The molecule has 0 aliphatic heterocycles. The van der Waals surface area contributed by atoms with E-state index in [-0.39, 0.29) is 21.4 Å². The number of hydrogen-bond acceptors (Lipinski definition) is 9. The summed E-state index contributed by atoms with van der Waals surface area (Å²) in [6, 6.07) is 15.9. The highest BCUT2D eigenvalue weighted by molar-refractivity contribution is 7.92. The van der Waals surface area contributed by atoms with Crippen LogP contribution < -0.4 is 4.72 Å². The lowest BCUT2D eigenvalue weighted by Crippen LogP contribution is -2.14. The highest BCUT2D eigenvalue weighted by atomic mass is 32.2. The molecule has 0 amide bonds. The lowest BCUT2D eigenvalue weighted by atomic mass is 10.1. The second-order valence-corrected chi connectivity index (χ2v) is 12.5. The van der Waals surface area contributed by atoms with Crippen molar-refractivity contribution in [2.24, 2.45) is 10.2 Å². The first kappa shape index (κ1) is 27.2. The van der Waals surface area contributed by atoms with E-state index in [9.17, 15) is 39.5 Å². The third-order valence-electron chi connectivity index (χ3n) is 5.30. The van der Waals surface area contributed by atoms with E-state index in [0.717, 1.165) is 23.8 Å². The van der Waals surface area contributed by atoms with Crippen LogP contribution in [0.1, 0.15) is 5.56 Å². The Morgan fingerprint density at radius 3 is 1.95 bits per heavy atom. The summed E-state index contributed by atoms with van der Waals surface area (Å²) in [5.41, 5.74) is -0.229. The molecule has 0 fully saturated rings. The summed E-state index contributed by atoms with van der Waals surface area (Å²) in [6.07, 6.45) is 0. The molecule has 0 saturated carbocycles. The number of rotatable bonds is 7. The summed E-state index contributed by atoms with van der Waals surface area (Å²) in [5, 5.41) is 18.0. The van der Waals surface area contributed by atoms with Crippen LogP contribution in [0.3, 0.4) is 0 Å². The second-order valence-electron chi connectivity index (χ2n) is 8.05. The molecule has 0 unspecified atom stereocenters. The van der Waals surface area contributed by atoms with Gasteiger partial charge < -0.3 is 5.11 Å². The molecule has 0 aliphatic carbocycles. The van der Waals surface area contributed by atoms with Crippen molar-refractivity contribution in [3.63, 3.8) is 0 Å². The van der Waals surface area contributed by atoms with E-state index in [1.165, 1.54) is 36.4 Å². The molecular formula is C23H19N3O9S3. The summed E-state index contributed by atoms with van der Waals surface area (Å²) >= 11 is 0. The Labute approximate surface area is 217 Å². The van der Waals surface area contributed by atoms with Gasteiger partial charge in [0.25, 0.3) is 30.3 Å². The van der Waals surface area contributed by atoms with E-state index < -0.39 is 57.2 Å². The molecule has 0 radical (unpaired) electrons. The number of fused-ring (bicyclic) bond motifs is 1. The van der Waals surface area contributed by atoms with Crippen LogP contribution in [0.15, 0.2) is 97.7 Å². The lowest BCUT2D eigenvalue weighted by Gasteiger charge is -2.16. The van der Waals surface area contributed by atoms with Gasteiger partial charge in [-0.1, -0.05) is 35.9 Å². The number of phenols is 1. The molecule has 4 aromatic rings. The van der Waals surface area contributed by atoms with E-state index in [2.05, 4.69) is 15.0 Å². The van der Waals surface area contributed by atoms with Gasteiger partial charge in [-0.05, 0) is 54.8 Å². The topological polar surface area (TPSA) is 200 Å². The Morgan fingerprint density at radius 2 is 1.37 bits per heavy atom. The number of phenolic OH excluding ortho intramolecular Hbond substituents is 1. The van der Waals surface area contributed by atoms with Crippen LogP contribution in [0.2, 0.25) is 0 Å². The zero-order chi connectivity index (χ0) is 27.9. The van der Waals surface area contributed by atoms with Crippen molar-refractivity contribution in [2.45, 2.75) is 21.6 Å². The molecular weight excluding hydrogens is 558 g/mol. The smallest absolute Gasteiger partial charge is 0.296 e. The van der Waals surface area contributed by atoms with Crippen molar-refractivity contribution in [1.29, 1.82) is 0 Å². The number of sulfonamides is 1. The number of benzene rings is 4. The van der Waals surface area contributed by atoms with Crippen molar-refractivity contribution in [1.82, 2.24) is 0 Å². The molecule has 0 aromatic heterocycles. The minimum Gasteiger partial charge on any atom is -0.505 e. The van der Waals surface area contributed by atoms with Crippen molar-refractivity contribution in [3.05, 3.63) is 78.4 Å². The molecule has 0 spiro atoms. The largest absolute Gasteiger partial charge is 0.505 e. The first-order valence-electron chi connectivity index (χ1n) is 10.5. The monoisotopic (exact) mass is 577 g/mol. The van der Waals surface area contributed by atoms with Crippen molar-refractivity contribution >= 4 is 58.1 Å². The van der Waals surface area contributed by atoms with Gasteiger partial charge in [-0.15, -0.1) is 5.11 Å². The van der Waals surface area contributed by atoms with E-state index in [1.54, 1.807) is 25.1 Å². The van der Waals surface area contributed by atoms with Crippen LogP contribution in [0.5, 0.6) is 5.75 Å². The number of aromatic hydroxyl groups is 1. The summed E-state index contributed by atoms with van der Waals surface area (Å²) in [6.45, 7) is 1.74. The van der Waals surface area contributed by atoms with Gasteiger partial charge in [0.1, 0.15) is 10.6 Å². The number of azo groups is 1. The van der Waals surface area contributed by atoms with Gasteiger partial charge in [-0.2, -0.15) is 21.9 Å². The van der Waals surface area contributed by atoms with Gasteiger partial charge in [0.15, 0.2) is 5.75 Å². The fraction of sp³-hybridized carbons (Fsp3) is 0.0435. The van der Waals surface area contributed by atoms with Gasteiger partial charge >= 0.3 is 0 Å². The molecule has 0 atom stereocenters. The zero-order valence-electron chi connectivity index (χ0n) is 19.3. The normalized spacial score (nSPS) is 12.7. The fourth-order valence-electron chi connectivity index (χ4n) is 3.51. The Bertz CT molecular complexity index is 1910. The summed E-state index contributed by atoms with van der Waals surface area (Å²) < 4.78 is 95.8. The molecule has 4 rings (SSSR count). The van der Waals surface area contributed by atoms with Crippen LogP contribution in [-0.2, 0) is 30.3 Å².